The van der Waals surface area contributed by atoms with Crippen LogP contribution in [0.4, 0.5) is 0 Å². The molecule has 0 aromatic carbocycles. The van der Waals surface area contributed by atoms with E-state index in [1.165, 1.54) is 11.3 Å². The van der Waals surface area contributed by atoms with Crippen LogP contribution in [-0.2, 0) is 5.54 Å². The van der Waals surface area contributed by atoms with Crippen LogP contribution in [0.25, 0.3) is 0 Å². The quantitative estimate of drug-likeness (QED) is 0.916. The lowest BCUT2D eigenvalue weighted by molar-refractivity contribution is 0.0916. The Morgan fingerprint density at radius 3 is 2.72 bits per heavy atom. The number of carbonyl (C=O) groups is 1. The van der Waals surface area contributed by atoms with E-state index in [4.69, 9.17) is 0 Å². The molecule has 2 aromatic heterocycles. The molecule has 2 rings (SSSR count). The van der Waals surface area contributed by atoms with E-state index in [0.717, 1.165) is 14.4 Å². The predicted octanol–water partition coefficient (Wildman–Crippen LogP) is 3.94. The predicted molar refractivity (Wildman–Crippen MR) is 79.4 cm³/mol. The third-order valence-corrected chi connectivity index (χ3v) is 5.71. The summed E-state index contributed by atoms with van der Waals surface area (Å²) < 4.78 is 1.000. The van der Waals surface area contributed by atoms with Crippen molar-refractivity contribution in [2.75, 3.05) is 0 Å². The van der Waals surface area contributed by atoms with Crippen LogP contribution < -0.4 is 5.32 Å². The number of nitrogens with zero attached hydrogens (tertiary/aromatic N) is 1. The summed E-state index contributed by atoms with van der Waals surface area (Å²) in [5.41, 5.74) is 0.632. The number of aromatic nitrogens is 1. The summed E-state index contributed by atoms with van der Waals surface area (Å²) in [7, 11) is 0. The van der Waals surface area contributed by atoms with Crippen molar-refractivity contribution in [1.82, 2.24) is 10.3 Å². The Labute approximate surface area is 122 Å². The molecule has 1 N–H and O–H groups in total. The maximum absolute atomic E-state index is 12.2. The molecule has 0 radical (unpaired) electrons. The Morgan fingerprint density at radius 2 is 2.22 bits per heavy atom. The van der Waals surface area contributed by atoms with Crippen molar-refractivity contribution in [2.45, 2.75) is 26.3 Å². The normalized spacial score (nSPS) is 11.6. The van der Waals surface area contributed by atoms with Gasteiger partial charge in [0.2, 0.25) is 0 Å². The van der Waals surface area contributed by atoms with E-state index in [9.17, 15) is 4.79 Å². The summed E-state index contributed by atoms with van der Waals surface area (Å²) >= 11 is 6.42. The minimum atomic E-state index is -0.449. The molecule has 0 aliphatic heterocycles. The summed E-state index contributed by atoms with van der Waals surface area (Å²) in [4.78, 5) is 17.1. The molecular weight excluding hydrogens is 332 g/mol. The molecule has 0 saturated heterocycles. The molecule has 0 saturated carbocycles. The van der Waals surface area contributed by atoms with Gasteiger partial charge in [-0.15, -0.1) is 22.7 Å². The number of thiophene rings is 1. The number of aryl methyl sites for hydroxylation is 1. The first-order chi connectivity index (χ1) is 8.40. The van der Waals surface area contributed by atoms with Gasteiger partial charge in [0.25, 0.3) is 5.91 Å². The largest absolute Gasteiger partial charge is 0.340 e. The lowest BCUT2D eigenvalue weighted by Crippen LogP contribution is -2.40. The van der Waals surface area contributed by atoms with Gasteiger partial charge in [0, 0.05) is 11.6 Å². The number of nitrogens with one attached hydrogen (secondary N) is 1. The van der Waals surface area contributed by atoms with Crippen LogP contribution in [0.15, 0.2) is 21.4 Å². The topological polar surface area (TPSA) is 42.0 Å². The molecule has 0 spiro atoms. The molecule has 18 heavy (non-hydrogen) atoms. The van der Waals surface area contributed by atoms with Gasteiger partial charge in [0.05, 0.1) is 14.2 Å². The van der Waals surface area contributed by atoms with Gasteiger partial charge in [-0.25, -0.2) is 4.98 Å². The fraction of sp³-hybridized carbons (Fsp3) is 0.333. The summed E-state index contributed by atoms with van der Waals surface area (Å²) in [6.07, 6.45) is 1.75. The summed E-state index contributed by atoms with van der Waals surface area (Å²) in [6, 6.07) is 1.89. The molecule has 6 heteroatoms. The fourth-order valence-electron chi connectivity index (χ4n) is 1.50. The van der Waals surface area contributed by atoms with E-state index in [1.54, 1.807) is 17.5 Å². The summed E-state index contributed by atoms with van der Waals surface area (Å²) in [6.45, 7) is 5.89. The van der Waals surface area contributed by atoms with E-state index in [2.05, 4.69) is 26.2 Å². The van der Waals surface area contributed by atoms with Gasteiger partial charge in [-0.1, -0.05) is 0 Å². The number of rotatable bonds is 3. The first-order valence-corrected chi connectivity index (χ1v) is 7.87. The van der Waals surface area contributed by atoms with Crippen LogP contribution in [0.2, 0.25) is 0 Å². The van der Waals surface area contributed by atoms with Crippen molar-refractivity contribution in [3.05, 3.63) is 36.9 Å². The highest BCUT2D eigenvalue weighted by Gasteiger charge is 2.26. The zero-order valence-electron chi connectivity index (χ0n) is 10.3. The molecule has 2 aromatic rings. The van der Waals surface area contributed by atoms with Crippen LogP contribution in [-0.4, -0.2) is 10.9 Å². The number of carbonyl (C=O) groups excluding carboxylic acids is 1. The van der Waals surface area contributed by atoms with Crippen molar-refractivity contribution in [2.24, 2.45) is 0 Å². The molecule has 0 unspecified atom stereocenters. The number of hydrogen-bond donors (Lipinski definition) is 1. The smallest absolute Gasteiger partial charge is 0.262 e. The molecule has 0 aliphatic carbocycles. The molecule has 0 bridgehead atoms. The molecule has 0 atom stereocenters. The van der Waals surface area contributed by atoms with Gasteiger partial charge >= 0.3 is 0 Å². The Hall–Kier alpha value is -0.720. The van der Waals surface area contributed by atoms with Crippen molar-refractivity contribution >= 4 is 44.5 Å². The van der Waals surface area contributed by atoms with Gasteiger partial charge in [-0.05, 0) is 48.3 Å². The molecule has 0 fully saturated rings. The zero-order valence-corrected chi connectivity index (χ0v) is 13.5. The highest BCUT2D eigenvalue weighted by molar-refractivity contribution is 9.11. The Bertz CT molecular complexity index is 541. The minimum absolute atomic E-state index is 0.0611. The zero-order chi connectivity index (χ0) is 13.3. The van der Waals surface area contributed by atoms with E-state index >= 15 is 0 Å². The molecule has 96 valence electrons. The number of hydrogen-bond acceptors (Lipinski definition) is 4. The van der Waals surface area contributed by atoms with E-state index < -0.39 is 5.54 Å². The Kier molecular flexibility index (Phi) is 3.89. The molecule has 0 aliphatic rings. The van der Waals surface area contributed by atoms with Crippen molar-refractivity contribution in [3.63, 3.8) is 0 Å². The monoisotopic (exact) mass is 344 g/mol. The van der Waals surface area contributed by atoms with Crippen molar-refractivity contribution < 1.29 is 4.79 Å². The van der Waals surface area contributed by atoms with Crippen LogP contribution in [0.5, 0.6) is 0 Å². The molecule has 2 heterocycles. The van der Waals surface area contributed by atoms with Crippen LogP contribution >= 0.6 is 38.6 Å². The Balaban J connectivity index is 2.17. The van der Waals surface area contributed by atoms with Gasteiger partial charge in [-0.3, -0.25) is 4.79 Å². The maximum Gasteiger partial charge on any atom is 0.262 e. The van der Waals surface area contributed by atoms with Crippen LogP contribution in [0, 0.1) is 6.92 Å². The van der Waals surface area contributed by atoms with E-state index in [0.29, 0.717) is 4.88 Å². The number of thiazole rings is 1. The van der Waals surface area contributed by atoms with Crippen LogP contribution in [0.1, 0.15) is 34.1 Å². The van der Waals surface area contributed by atoms with Gasteiger partial charge in [0.15, 0.2) is 0 Å². The van der Waals surface area contributed by atoms with Gasteiger partial charge in [0.1, 0.15) is 5.01 Å². The van der Waals surface area contributed by atoms with E-state index in [1.807, 2.05) is 32.2 Å². The fourth-order valence-corrected chi connectivity index (χ4v) is 3.65. The second kappa shape index (κ2) is 5.11. The first kappa shape index (κ1) is 13.7. The average Bonchev–Trinajstić information content (AvgIpc) is 2.89. The SMILES string of the molecule is Cc1cc(C(=O)NC(C)(C)c2nccs2)sc1Br. The third-order valence-electron chi connectivity index (χ3n) is 2.47. The highest BCUT2D eigenvalue weighted by atomic mass is 79.9. The molecule has 1 amide bonds. The number of amides is 1. The molecule has 3 nitrogen and oxygen atoms in total. The van der Waals surface area contributed by atoms with Crippen molar-refractivity contribution in [1.29, 1.82) is 0 Å². The maximum atomic E-state index is 12.2. The van der Waals surface area contributed by atoms with Gasteiger partial charge in [-0.2, -0.15) is 0 Å². The summed E-state index contributed by atoms with van der Waals surface area (Å²) in [5.74, 6) is -0.0611. The lowest BCUT2D eigenvalue weighted by atomic mass is 10.1. The number of halogens is 1. The second-order valence-corrected chi connectivity index (χ2v) is 7.75. The average molecular weight is 345 g/mol. The minimum Gasteiger partial charge on any atom is -0.340 e. The standard InChI is InChI=1S/C12H13BrN2OS2/c1-7-6-8(18-9(7)13)10(16)15-12(2,3)11-14-4-5-17-11/h4-6H,1-3H3,(H,15,16). The Morgan fingerprint density at radius 1 is 1.50 bits per heavy atom. The van der Waals surface area contributed by atoms with Crippen molar-refractivity contribution in [3.8, 4) is 0 Å². The second-order valence-electron chi connectivity index (χ2n) is 4.48. The van der Waals surface area contributed by atoms with Crippen LogP contribution in [0.3, 0.4) is 0 Å². The summed E-state index contributed by atoms with van der Waals surface area (Å²) in [5, 5.41) is 5.83. The van der Waals surface area contributed by atoms with E-state index in [-0.39, 0.29) is 5.91 Å². The molecular formula is C12H13BrN2OS2. The first-order valence-electron chi connectivity index (χ1n) is 5.38. The lowest BCUT2D eigenvalue weighted by Gasteiger charge is -2.23. The van der Waals surface area contributed by atoms with Gasteiger partial charge < -0.3 is 5.32 Å². The third kappa shape index (κ3) is 2.81. The highest BCUT2D eigenvalue weighted by Crippen LogP contribution is 2.29.